The number of carbonyl (C=O) groups excluding carboxylic acids is 1. The van der Waals surface area contributed by atoms with Gasteiger partial charge in [-0.25, -0.2) is 17.6 Å². The number of carbonyl (C=O) groups is 1. The van der Waals surface area contributed by atoms with Crippen molar-refractivity contribution in [2.24, 2.45) is 0 Å². The van der Waals surface area contributed by atoms with Crippen molar-refractivity contribution in [3.05, 3.63) is 64.9 Å². The molecule has 5 nitrogen and oxygen atoms in total. The maximum Gasteiger partial charge on any atom is 0.330 e. The first-order valence-electron chi connectivity index (χ1n) is 6.66. The summed E-state index contributed by atoms with van der Waals surface area (Å²) in [5, 5.41) is -0.254. The number of methoxy groups -OCH3 is 1. The Morgan fingerprint density at radius 3 is 2.54 bits per heavy atom. The lowest BCUT2D eigenvalue weighted by molar-refractivity contribution is -0.134. The largest absolute Gasteiger partial charge is 0.466 e. The molecule has 0 bridgehead atoms. The molecule has 2 aromatic rings. The second kappa shape index (κ2) is 7.46. The van der Waals surface area contributed by atoms with Gasteiger partial charge in [-0.15, -0.1) is 0 Å². The molecule has 0 spiro atoms. The number of sulfonamides is 1. The van der Waals surface area contributed by atoms with Crippen LogP contribution in [-0.4, -0.2) is 21.5 Å². The van der Waals surface area contributed by atoms with E-state index in [4.69, 9.17) is 11.6 Å². The Balaban J connectivity index is 2.44. The molecule has 0 aliphatic carbocycles. The van der Waals surface area contributed by atoms with E-state index in [0.29, 0.717) is 0 Å². The van der Waals surface area contributed by atoms with Crippen LogP contribution in [0, 0.1) is 5.82 Å². The monoisotopic (exact) mass is 369 g/mol. The lowest BCUT2D eigenvalue weighted by Crippen LogP contribution is -2.13. The first-order valence-corrected chi connectivity index (χ1v) is 8.52. The molecule has 0 unspecified atom stereocenters. The lowest BCUT2D eigenvalue weighted by atomic mass is 10.1. The molecular formula is C16H13ClFNO4S. The Kier molecular flexibility index (Phi) is 5.58. The maximum atomic E-state index is 13.7. The van der Waals surface area contributed by atoms with Crippen LogP contribution < -0.4 is 4.72 Å². The molecule has 0 saturated heterocycles. The second-order valence-corrected chi connectivity index (χ2v) is 6.72. The van der Waals surface area contributed by atoms with E-state index in [1.807, 2.05) is 0 Å². The van der Waals surface area contributed by atoms with Crippen LogP contribution in [0.1, 0.15) is 5.56 Å². The van der Waals surface area contributed by atoms with Gasteiger partial charge in [0.1, 0.15) is 5.82 Å². The number of halogens is 2. The van der Waals surface area contributed by atoms with E-state index < -0.39 is 21.8 Å². The Hall–Kier alpha value is -2.38. The third kappa shape index (κ3) is 4.33. The van der Waals surface area contributed by atoms with Crippen LogP contribution in [0.25, 0.3) is 6.08 Å². The highest BCUT2D eigenvalue weighted by atomic mass is 35.5. The summed E-state index contributed by atoms with van der Waals surface area (Å²) >= 11 is 5.73. The fourth-order valence-corrected chi connectivity index (χ4v) is 3.08. The molecule has 0 amide bonds. The van der Waals surface area contributed by atoms with Crippen molar-refractivity contribution >= 4 is 39.4 Å². The Morgan fingerprint density at radius 2 is 1.92 bits per heavy atom. The zero-order valence-corrected chi connectivity index (χ0v) is 14.1. The Labute approximate surface area is 143 Å². The van der Waals surface area contributed by atoms with Gasteiger partial charge < -0.3 is 4.74 Å². The summed E-state index contributed by atoms with van der Waals surface area (Å²) in [6, 6.07) is 9.81. The highest BCUT2D eigenvalue weighted by Gasteiger charge is 2.17. The summed E-state index contributed by atoms with van der Waals surface area (Å²) in [5.41, 5.74) is 0.159. The summed E-state index contributed by atoms with van der Waals surface area (Å²) < 4.78 is 45.2. The summed E-state index contributed by atoms with van der Waals surface area (Å²) in [5.74, 6) is -1.41. The van der Waals surface area contributed by atoms with Crippen molar-refractivity contribution in [1.29, 1.82) is 0 Å². The fraction of sp³-hybridized carbons (Fsp3) is 0.0625. The van der Waals surface area contributed by atoms with E-state index in [1.165, 1.54) is 25.3 Å². The van der Waals surface area contributed by atoms with Crippen LogP contribution >= 0.6 is 11.6 Å². The van der Waals surface area contributed by atoms with Gasteiger partial charge in [-0.05, 0) is 30.3 Å². The molecule has 0 fully saturated rings. The van der Waals surface area contributed by atoms with Crippen molar-refractivity contribution in [3.8, 4) is 0 Å². The summed E-state index contributed by atoms with van der Waals surface area (Å²) in [6.45, 7) is 0. The molecule has 0 atom stereocenters. The molecule has 0 aliphatic heterocycles. The van der Waals surface area contributed by atoms with Gasteiger partial charge in [0.25, 0.3) is 10.0 Å². The first-order chi connectivity index (χ1) is 11.3. The standard InChI is InChI=1S/C16H13ClFNO4S/c1-23-16(20)8-7-11-9-14(18)13(17)10-15(11)19-24(21,22)12-5-3-2-4-6-12/h2-10,19H,1H3/b8-7+. The zero-order chi connectivity index (χ0) is 17.7. The van der Waals surface area contributed by atoms with Gasteiger partial charge in [0.05, 0.1) is 22.7 Å². The molecule has 8 heteroatoms. The first kappa shape index (κ1) is 18.0. The highest BCUT2D eigenvalue weighted by molar-refractivity contribution is 7.92. The Bertz CT molecular complexity index is 882. The fourth-order valence-electron chi connectivity index (χ4n) is 1.82. The van der Waals surface area contributed by atoms with Crippen LogP contribution in [0.5, 0.6) is 0 Å². The van der Waals surface area contributed by atoms with Crippen LogP contribution in [0.3, 0.4) is 0 Å². The number of rotatable bonds is 5. The van der Waals surface area contributed by atoms with E-state index in [-0.39, 0.29) is 21.2 Å². The average Bonchev–Trinajstić information content (AvgIpc) is 2.57. The van der Waals surface area contributed by atoms with Crippen molar-refractivity contribution in [2.45, 2.75) is 4.90 Å². The van der Waals surface area contributed by atoms with E-state index >= 15 is 0 Å². The van der Waals surface area contributed by atoms with Gasteiger partial charge in [0.2, 0.25) is 0 Å². The maximum absolute atomic E-state index is 13.7. The van der Waals surface area contributed by atoms with E-state index in [0.717, 1.165) is 18.2 Å². The van der Waals surface area contributed by atoms with Crippen molar-refractivity contribution in [1.82, 2.24) is 0 Å². The van der Waals surface area contributed by atoms with Gasteiger partial charge in [0, 0.05) is 11.6 Å². The van der Waals surface area contributed by atoms with Gasteiger partial charge in [0.15, 0.2) is 0 Å². The number of benzene rings is 2. The van der Waals surface area contributed by atoms with E-state index in [9.17, 15) is 17.6 Å². The number of hydrogen-bond acceptors (Lipinski definition) is 4. The summed E-state index contributed by atoms with van der Waals surface area (Å²) in [7, 11) is -2.70. The quantitative estimate of drug-likeness (QED) is 0.647. The minimum absolute atomic E-state index is 0.0328. The minimum atomic E-state index is -3.89. The molecule has 2 aromatic carbocycles. The third-order valence-corrected chi connectivity index (χ3v) is 4.66. The highest BCUT2D eigenvalue weighted by Crippen LogP contribution is 2.27. The smallest absolute Gasteiger partial charge is 0.330 e. The molecule has 0 aromatic heterocycles. The second-order valence-electron chi connectivity index (χ2n) is 4.63. The lowest BCUT2D eigenvalue weighted by Gasteiger charge is -2.12. The van der Waals surface area contributed by atoms with Crippen molar-refractivity contribution < 1.29 is 22.3 Å². The number of nitrogens with one attached hydrogen (secondary N) is 1. The van der Waals surface area contributed by atoms with Gasteiger partial charge in [-0.1, -0.05) is 29.8 Å². The van der Waals surface area contributed by atoms with Gasteiger partial charge in [-0.3, -0.25) is 4.72 Å². The Morgan fingerprint density at radius 1 is 1.25 bits per heavy atom. The predicted molar refractivity (Wildman–Crippen MR) is 89.7 cm³/mol. The zero-order valence-electron chi connectivity index (χ0n) is 12.5. The van der Waals surface area contributed by atoms with E-state index in [1.54, 1.807) is 18.2 Å². The average molecular weight is 370 g/mol. The van der Waals surface area contributed by atoms with E-state index in [2.05, 4.69) is 9.46 Å². The van der Waals surface area contributed by atoms with Gasteiger partial charge >= 0.3 is 5.97 Å². The third-order valence-electron chi connectivity index (χ3n) is 2.99. The molecule has 2 rings (SSSR count). The summed E-state index contributed by atoms with van der Waals surface area (Å²) in [4.78, 5) is 11.2. The molecule has 0 saturated carbocycles. The minimum Gasteiger partial charge on any atom is -0.466 e. The molecule has 0 aliphatic rings. The molecular weight excluding hydrogens is 357 g/mol. The van der Waals surface area contributed by atoms with Crippen LogP contribution in [-0.2, 0) is 19.6 Å². The van der Waals surface area contributed by atoms with Crippen LogP contribution in [0.4, 0.5) is 10.1 Å². The van der Waals surface area contributed by atoms with Crippen molar-refractivity contribution in [3.63, 3.8) is 0 Å². The molecule has 1 N–H and O–H groups in total. The topological polar surface area (TPSA) is 72.5 Å². The van der Waals surface area contributed by atoms with Crippen LogP contribution in [0.15, 0.2) is 53.4 Å². The molecule has 126 valence electrons. The number of esters is 1. The SMILES string of the molecule is COC(=O)/C=C/c1cc(F)c(Cl)cc1NS(=O)(=O)c1ccccc1. The van der Waals surface area contributed by atoms with Crippen LogP contribution in [0.2, 0.25) is 5.02 Å². The molecule has 0 radical (unpaired) electrons. The number of hydrogen-bond donors (Lipinski definition) is 1. The normalized spacial score (nSPS) is 11.5. The predicted octanol–water partition coefficient (Wildman–Crippen LogP) is 3.47. The van der Waals surface area contributed by atoms with Crippen molar-refractivity contribution in [2.75, 3.05) is 11.8 Å². The van der Waals surface area contributed by atoms with Gasteiger partial charge in [-0.2, -0.15) is 0 Å². The number of anilines is 1. The molecule has 0 heterocycles. The molecule has 24 heavy (non-hydrogen) atoms. The number of ether oxygens (including phenoxy) is 1. The summed E-state index contributed by atoms with van der Waals surface area (Å²) in [6.07, 6.45) is 2.27.